The molecule has 1 aliphatic rings. The van der Waals surface area contributed by atoms with Crippen LogP contribution in [0.2, 0.25) is 0 Å². The van der Waals surface area contributed by atoms with Gasteiger partial charge in [-0.3, -0.25) is 9.69 Å². The Balaban J connectivity index is 1.84. The second-order valence-corrected chi connectivity index (χ2v) is 6.95. The number of thiocarbonyl (C=S) groups is 1. The van der Waals surface area contributed by atoms with Gasteiger partial charge in [-0.15, -0.1) is 0 Å². The largest absolute Gasteiger partial charge is 0.480 e. The van der Waals surface area contributed by atoms with E-state index in [9.17, 15) is 14.0 Å². The number of amides is 1. The molecule has 1 N–H and O–H groups in total. The van der Waals surface area contributed by atoms with Gasteiger partial charge in [-0.05, 0) is 43.3 Å². The number of carbonyl (C=O) groups is 2. The lowest BCUT2D eigenvalue weighted by Crippen LogP contribution is -2.41. The highest BCUT2D eigenvalue weighted by Crippen LogP contribution is 2.34. The van der Waals surface area contributed by atoms with Crippen molar-refractivity contribution in [2.75, 3.05) is 0 Å². The third kappa shape index (κ3) is 3.49. The fourth-order valence-electron chi connectivity index (χ4n) is 2.25. The standard InChI is InChI=1S/C17H12FNO4S2/c1-9(16(21)22)19-15(20)14(25-17(19)24)8-12-6-7-13(23-12)10-2-4-11(18)5-3-10/h2-9H,1H3,(H,21,22)/b14-8-/t9-/m1/s1. The number of carboxylic acids is 1. The topological polar surface area (TPSA) is 70.8 Å². The van der Waals surface area contributed by atoms with Gasteiger partial charge in [0, 0.05) is 11.6 Å². The minimum absolute atomic E-state index is 0.191. The first kappa shape index (κ1) is 17.4. The van der Waals surface area contributed by atoms with Crippen LogP contribution in [0, 0.1) is 5.82 Å². The molecule has 1 aliphatic heterocycles. The van der Waals surface area contributed by atoms with Gasteiger partial charge in [0.05, 0.1) is 4.91 Å². The first-order chi connectivity index (χ1) is 11.9. The number of carbonyl (C=O) groups excluding carboxylic acids is 1. The minimum atomic E-state index is -1.13. The highest BCUT2D eigenvalue weighted by Gasteiger charge is 2.38. The van der Waals surface area contributed by atoms with Crippen LogP contribution in [0.25, 0.3) is 17.4 Å². The third-order valence-corrected chi connectivity index (χ3v) is 4.93. The third-order valence-electron chi connectivity index (χ3n) is 3.60. The van der Waals surface area contributed by atoms with Crippen molar-refractivity contribution < 1.29 is 23.5 Å². The molecular weight excluding hydrogens is 365 g/mol. The molecule has 2 aromatic rings. The van der Waals surface area contributed by atoms with Gasteiger partial charge in [0.1, 0.15) is 27.7 Å². The average Bonchev–Trinajstić information content (AvgIpc) is 3.13. The Kier molecular flexibility index (Phi) is 4.73. The summed E-state index contributed by atoms with van der Waals surface area (Å²) in [5.74, 6) is -0.992. The van der Waals surface area contributed by atoms with Crippen LogP contribution >= 0.6 is 24.0 Å². The number of thioether (sulfide) groups is 1. The Morgan fingerprint density at radius 1 is 1.32 bits per heavy atom. The average molecular weight is 377 g/mol. The van der Waals surface area contributed by atoms with Crippen molar-refractivity contribution in [3.8, 4) is 11.3 Å². The first-order valence-corrected chi connectivity index (χ1v) is 8.45. The number of hydrogen-bond donors (Lipinski definition) is 1. The zero-order valence-electron chi connectivity index (χ0n) is 12.9. The molecule has 0 spiro atoms. The molecule has 1 aromatic carbocycles. The molecule has 1 amide bonds. The summed E-state index contributed by atoms with van der Waals surface area (Å²) in [6.45, 7) is 1.40. The molecule has 1 saturated heterocycles. The SMILES string of the molecule is C[C@H](C(=O)O)N1C(=O)/C(=C/c2ccc(-c3ccc(F)cc3)o2)SC1=S. The van der Waals surface area contributed by atoms with E-state index in [-0.39, 0.29) is 15.0 Å². The number of benzene rings is 1. The van der Waals surface area contributed by atoms with E-state index in [2.05, 4.69) is 0 Å². The summed E-state index contributed by atoms with van der Waals surface area (Å²) < 4.78 is 18.8. The van der Waals surface area contributed by atoms with Crippen molar-refractivity contribution in [2.45, 2.75) is 13.0 Å². The highest BCUT2D eigenvalue weighted by molar-refractivity contribution is 8.26. The number of halogens is 1. The summed E-state index contributed by atoms with van der Waals surface area (Å²) in [6, 6.07) is 8.18. The Hall–Kier alpha value is -2.45. The molecule has 0 aliphatic carbocycles. The Labute approximate surface area is 152 Å². The van der Waals surface area contributed by atoms with E-state index in [4.69, 9.17) is 21.7 Å². The zero-order valence-corrected chi connectivity index (χ0v) is 14.6. The molecular formula is C17H12FNO4S2. The number of rotatable bonds is 4. The second-order valence-electron chi connectivity index (χ2n) is 5.27. The van der Waals surface area contributed by atoms with Crippen molar-refractivity contribution in [3.05, 3.63) is 52.9 Å². The smallest absolute Gasteiger partial charge is 0.326 e. The predicted molar refractivity (Wildman–Crippen MR) is 96.2 cm³/mol. The molecule has 8 heteroatoms. The molecule has 25 heavy (non-hydrogen) atoms. The van der Waals surface area contributed by atoms with Crippen LogP contribution in [0.15, 0.2) is 45.7 Å². The minimum Gasteiger partial charge on any atom is -0.480 e. The number of carboxylic acid groups (broad SMARTS) is 1. The number of aliphatic carboxylic acids is 1. The normalized spacial score (nSPS) is 17.4. The van der Waals surface area contributed by atoms with Crippen LogP contribution in [-0.2, 0) is 9.59 Å². The number of furan rings is 1. The molecule has 1 atom stereocenters. The van der Waals surface area contributed by atoms with Crippen molar-refractivity contribution in [1.82, 2.24) is 4.90 Å². The fourth-order valence-corrected chi connectivity index (χ4v) is 3.65. The van der Waals surface area contributed by atoms with Crippen molar-refractivity contribution in [3.63, 3.8) is 0 Å². The Bertz CT molecular complexity index is 888. The van der Waals surface area contributed by atoms with E-state index in [0.29, 0.717) is 17.1 Å². The van der Waals surface area contributed by atoms with Crippen LogP contribution in [0.5, 0.6) is 0 Å². The quantitative estimate of drug-likeness (QED) is 0.646. The van der Waals surface area contributed by atoms with Gasteiger partial charge in [-0.25, -0.2) is 9.18 Å². The molecule has 0 saturated carbocycles. The van der Waals surface area contributed by atoms with E-state index in [1.165, 1.54) is 25.1 Å². The number of hydrogen-bond acceptors (Lipinski definition) is 5. The molecule has 1 aromatic heterocycles. The maximum atomic E-state index is 13.0. The maximum Gasteiger partial charge on any atom is 0.326 e. The zero-order chi connectivity index (χ0) is 18.1. The molecule has 0 unspecified atom stereocenters. The van der Waals surface area contributed by atoms with Gasteiger partial charge in [0.15, 0.2) is 0 Å². The molecule has 2 heterocycles. The number of nitrogens with zero attached hydrogens (tertiary/aromatic N) is 1. The Morgan fingerprint density at radius 2 is 2.00 bits per heavy atom. The van der Waals surface area contributed by atoms with E-state index in [1.54, 1.807) is 24.3 Å². The van der Waals surface area contributed by atoms with Crippen LogP contribution in [-0.4, -0.2) is 32.2 Å². The summed E-state index contributed by atoms with van der Waals surface area (Å²) in [5.41, 5.74) is 0.702. The lowest BCUT2D eigenvalue weighted by molar-refractivity contribution is -0.144. The first-order valence-electron chi connectivity index (χ1n) is 7.22. The predicted octanol–water partition coefficient (Wildman–Crippen LogP) is 3.76. The van der Waals surface area contributed by atoms with E-state index >= 15 is 0 Å². The molecule has 3 rings (SSSR count). The van der Waals surface area contributed by atoms with E-state index in [0.717, 1.165) is 16.7 Å². The van der Waals surface area contributed by atoms with Gasteiger partial charge >= 0.3 is 5.97 Å². The van der Waals surface area contributed by atoms with Crippen LogP contribution in [0.4, 0.5) is 4.39 Å². The van der Waals surface area contributed by atoms with Crippen molar-refractivity contribution in [2.24, 2.45) is 0 Å². The van der Waals surface area contributed by atoms with Gasteiger partial charge < -0.3 is 9.52 Å². The monoisotopic (exact) mass is 377 g/mol. The van der Waals surface area contributed by atoms with Gasteiger partial charge in [0.2, 0.25) is 0 Å². The van der Waals surface area contributed by atoms with Crippen LogP contribution in [0.3, 0.4) is 0 Å². The maximum absolute atomic E-state index is 13.0. The van der Waals surface area contributed by atoms with E-state index < -0.39 is 17.9 Å². The molecule has 0 radical (unpaired) electrons. The lowest BCUT2D eigenvalue weighted by Gasteiger charge is -2.18. The summed E-state index contributed by atoms with van der Waals surface area (Å²) in [7, 11) is 0. The summed E-state index contributed by atoms with van der Waals surface area (Å²) in [6.07, 6.45) is 1.51. The molecule has 0 bridgehead atoms. The lowest BCUT2D eigenvalue weighted by atomic mass is 10.2. The summed E-state index contributed by atoms with van der Waals surface area (Å²) >= 11 is 6.12. The van der Waals surface area contributed by atoms with E-state index in [1.807, 2.05) is 0 Å². The van der Waals surface area contributed by atoms with Crippen molar-refractivity contribution in [1.29, 1.82) is 0 Å². The molecule has 5 nitrogen and oxygen atoms in total. The van der Waals surface area contributed by atoms with Crippen LogP contribution in [0.1, 0.15) is 12.7 Å². The summed E-state index contributed by atoms with van der Waals surface area (Å²) in [4.78, 5) is 24.8. The summed E-state index contributed by atoms with van der Waals surface area (Å²) in [5, 5.41) is 9.08. The fraction of sp³-hybridized carbons (Fsp3) is 0.118. The highest BCUT2D eigenvalue weighted by atomic mass is 32.2. The molecule has 1 fully saturated rings. The Morgan fingerprint density at radius 3 is 2.64 bits per heavy atom. The molecule has 128 valence electrons. The van der Waals surface area contributed by atoms with Gasteiger partial charge in [-0.1, -0.05) is 24.0 Å². The van der Waals surface area contributed by atoms with Crippen LogP contribution < -0.4 is 0 Å². The second kappa shape index (κ2) is 6.81. The van der Waals surface area contributed by atoms with Gasteiger partial charge in [-0.2, -0.15) is 0 Å². The van der Waals surface area contributed by atoms with Gasteiger partial charge in [0.25, 0.3) is 5.91 Å². The van der Waals surface area contributed by atoms with Crippen molar-refractivity contribution >= 4 is 46.3 Å².